The Hall–Kier alpha value is -3.14. The third-order valence-corrected chi connectivity index (χ3v) is 3.31. The Labute approximate surface area is 127 Å². The molecule has 0 atom stereocenters. The van der Waals surface area contributed by atoms with E-state index in [9.17, 15) is 9.59 Å². The largest absolute Gasteiger partial charge is 0.357 e. The van der Waals surface area contributed by atoms with E-state index in [1.807, 2.05) is 12.1 Å². The molecule has 0 aliphatic carbocycles. The van der Waals surface area contributed by atoms with Crippen molar-refractivity contribution >= 4 is 17.4 Å². The Balaban J connectivity index is 0.000000133. The second kappa shape index (κ2) is 6.10. The molecule has 1 aromatic heterocycles. The van der Waals surface area contributed by atoms with E-state index in [0.29, 0.717) is 11.4 Å². The number of carbonyl (C=O) groups is 2. The Kier molecular flexibility index (Phi) is 3.83. The molecule has 4 nitrogen and oxygen atoms in total. The number of hydrogen-bond donors (Lipinski definition) is 2. The predicted molar refractivity (Wildman–Crippen MR) is 85.6 cm³/mol. The molecular formula is C18H14N2O2. The summed E-state index contributed by atoms with van der Waals surface area (Å²) in [5.41, 5.74) is 3.50. The van der Waals surface area contributed by atoms with Gasteiger partial charge in [-0.2, -0.15) is 0 Å². The second-order valence-electron chi connectivity index (χ2n) is 4.78. The summed E-state index contributed by atoms with van der Waals surface area (Å²) in [7, 11) is 0. The summed E-state index contributed by atoms with van der Waals surface area (Å²) < 4.78 is 0. The standard InChI is InChI=1S/C12H10.C6H4N2O2/c1-3-7-11(8-4-1)12-9-5-2-6-10-12;9-5-4-3(1-2-7-4)8-6(5)10/h1-10H;1-2,7H,(H,8,9,10). The minimum atomic E-state index is -0.554. The molecular weight excluding hydrogens is 276 g/mol. The molecule has 0 saturated heterocycles. The Bertz CT molecular complexity index is 755. The molecule has 0 unspecified atom stereocenters. The highest BCUT2D eigenvalue weighted by atomic mass is 16.2. The van der Waals surface area contributed by atoms with E-state index in [-0.39, 0.29) is 0 Å². The molecule has 22 heavy (non-hydrogen) atoms. The molecule has 4 rings (SSSR count). The number of carbonyl (C=O) groups excluding carboxylic acids is 2. The number of H-pyrrole nitrogens is 1. The summed E-state index contributed by atoms with van der Waals surface area (Å²) in [5.74, 6) is -1.04. The molecule has 0 fully saturated rings. The molecule has 108 valence electrons. The number of anilines is 1. The van der Waals surface area contributed by atoms with Crippen LogP contribution in [0.3, 0.4) is 0 Å². The van der Waals surface area contributed by atoms with E-state index in [1.165, 1.54) is 11.1 Å². The maximum Gasteiger partial charge on any atom is 0.298 e. The van der Waals surface area contributed by atoms with Gasteiger partial charge in [0, 0.05) is 6.20 Å². The highest BCUT2D eigenvalue weighted by Crippen LogP contribution is 2.20. The number of fused-ring (bicyclic) bond motifs is 1. The van der Waals surface area contributed by atoms with E-state index in [0.717, 1.165) is 0 Å². The third-order valence-electron chi connectivity index (χ3n) is 3.31. The van der Waals surface area contributed by atoms with Crippen molar-refractivity contribution in [3.8, 4) is 11.1 Å². The lowest BCUT2D eigenvalue weighted by Gasteiger charge is -1.98. The normalized spacial score (nSPS) is 12.2. The van der Waals surface area contributed by atoms with Crippen LogP contribution in [0.1, 0.15) is 10.5 Å². The first-order valence-corrected chi connectivity index (χ1v) is 6.89. The maximum absolute atomic E-state index is 10.8. The zero-order valence-electron chi connectivity index (χ0n) is 11.7. The number of aromatic nitrogens is 1. The Morgan fingerprint density at radius 3 is 1.73 bits per heavy atom. The van der Waals surface area contributed by atoms with E-state index in [1.54, 1.807) is 12.3 Å². The lowest BCUT2D eigenvalue weighted by molar-refractivity contribution is -0.112. The molecule has 2 aromatic carbocycles. The number of Topliss-reactive ketones (excluding diaryl/α,β-unsaturated/α-hetero) is 1. The van der Waals surface area contributed by atoms with Gasteiger partial charge in [-0.25, -0.2) is 0 Å². The van der Waals surface area contributed by atoms with Crippen LogP contribution in [0.15, 0.2) is 72.9 Å². The molecule has 4 heteroatoms. The lowest BCUT2D eigenvalue weighted by Crippen LogP contribution is -2.13. The maximum atomic E-state index is 10.8. The number of hydrogen-bond acceptors (Lipinski definition) is 2. The smallest absolute Gasteiger partial charge is 0.298 e. The SMILES string of the molecule is O=C1Nc2cc[nH]c2C1=O.c1ccc(-c2ccccc2)cc1. The van der Waals surface area contributed by atoms with Crippen LogP contribution >= 0.6 is 0 Å². The summed E-state index contributed by atoms with van der Waals surface area (Å²) in [4.78, 5) is 24.1. The quantitative estimate of drug-likeness (QED) is 0.674. The van der Waals surface area contributed by atoms with Crippen LogP contribution in [0.4, 0.5) is 5.69 Å². The van der Waals surface area contributed by atoms with Gasteiger partial charge in [-0.15, -0.1) is 0 Å². The highest BCUT2D eigenvalue weighted by molar-refractivity contribution is 6.51. The van der Waals surface area contributed by atoms with Crippen molar-refractivity contribution in [2.75, 3.05) is 5.32 Å². The molecule has 0 spiro atoms. The molecule has 2 N–H and O–H groups in total. The topological polar surface area (TPSA) is 62.0 Å². The average molecular weight is 290 g/mol. The van der Waals surface area contributed by atoms with Crippen LogP contribution in [0.25, 0.3) is 11.1 Å². The van der Waals surface area contributed by atoms with E-state index >= 15 is 0 Å². The van der Waals surface area contributed by atoms with Gasteiger partial charge in [0.05, 0.1) is 5.69 Å². The number of rotatable bonds is 1. The van der Waals surface area contributed by atoms with Crippen molar-refractivity contribution in [1.82, 2.24) is 4.98 Å². The fourth-order valence-electron chi connectivity index (χ4n) is 2.22. The van der Waals surface area contributed by atoms with Gasteiger partial charge in [-0.3, -0.25) is 9.59 Å². The zero-order chi connectivity index (χ0) is 15.4. The minimum Gasteiger partial charge on any atom is -0.357 e. The van der Waals surface area contributed by atoms with Gasteiger partial charge in [0.25, 0.3) is 11.7 Å². The fraction of sp³-hybridized carbons (Fsp3) is 0. The predicted octanol–water partition coefficient (Wildman–Crippen LogP) is 3.50. The monoisotopic (exact) mass is 290 g/mol. The van der Waals surface area contributed by atoms with Gasteiger partial charge in [-0.1, -0.05) is 60.7 Å². The van der Waals surface area contributed by atoms with Crippen LogP contribution in [0, 0.1) is 0 Å². The minimum absolute atomic E-state index is 0.366. The Morgan fingerprint density at radius 1 is 0.682 bits per heavy atom. The number of amides is 1. The molecule has 2 heterocycles. The van der Waals surface area contributed by atoms with Crippen molar-refractivity contribution in [2.45, 2.75) is 0 Å². The van der Waals surface area contributed by atoms with Crippen LogP contribution in [0.2, 0.25) is 0 Å². The molecule has 3 aromatic rings. The van der Waals surface area contributed by atoms with Crippen LogP contribution in [0.5, 0.6) is 0 Å². The highest BCUT2D eigenvalue weighted by Gasteiger charge is 2.28. The van der Waals surface area contributed by atoms with Crippen molar-refractivity contribution in [3.63, 3.8) is 0 Å². The molecule has 0 radical (unpaired) electrons. The zero-order valence-corrected chi connectivity index (χ0v) is 11.7. The van der Waals surface area contributed by atoms with Gasteiger partial charge < -0.3 is 10.3 Å². The molecule has 1 aliphatic rings. The van der Waals surface area contributed by atoms with Gasteiger partial charge in [0.2, 0.25) is 0 Å². The molecule has 0 saturated carbocycles. The van der Waals surface area contributed by atoms with Gasteiger partial charge >= 0.3 is 0 Å². The summed E-state index contributed by atoms with van der Waals surface area (Å²) in [6.45, 7) is 0. The lowest BCUT2D eigenvalue weighted by atomic mass is 10.1. The summed E-state index contributed by atoms with van der Waals surface area (Å²) in [5, 5.41) is 2.41. The summed E-state index contributed by atoms with van der Waals surface area (Å²) >= 11 is 0. The van der Waals surface area contributed by atoms with Gasteiger partial charge in [0.1, 0.15) is 5.69 Å². The number of ketones is 1. The van der Waals surface area contributed by atoms with E-state index < -0.39 is 11.7 Å². The van der Waals surface area contributed by atoms with E-state index in [4.69, 9.17) is 0 Å². The Morgan fingerprint density at radius 2 is 1.23 bits per heavy atom. The van der Waals surface area contributed by atoms with Crippen molar-refractivity contribution in [2.24, 2.45) is 0 Å². The first-order valence-electron chi connectivity index (χ1n) is 6.89. The van der Waals surface area contributed by atoms with Crippen molar-refractivity contribution in [3.05, 3.63) is 78.6 Å². The molecule has 0 bridgehead atoms. The van der Waals surface area contributed by atoms with Gasteiger partial charge in [0.15, 0.2) is 0 Å². The summed E-state index contributed by atoms with van der Waals surface area (Å²) in [6.07, 6.45) is 1.61. The second-order valence-corrected chi connectivity index (χ2v) is 4.78. The van der Waals surface area contributed by atoms with Crippen LogP contribution in [-0.4, -0.2) is 16.7 Å². The number of nitrogens with one attached hydrogen (secondary N) is 2. The summed E-state index contributed by atoms with van der Waals surface area (Å²) in [6, 6.07) is 22.4. The first-order chi connectivity index (χ1) is 10.8. The number of aromatic amines is 1. The van der Waals surface area contributed by atoms with Crippen LogP contribution in [-0.2, 0) is 4.79 Å². The third kappa shape index (κ3) is 2.81. The fourth-order valence-corrected chi connectivity index (χ4v) is 2.22. The van der Waals surface area contributed by atoms with Crippen molar-refractivity contribution in [1.29, 1.82) is 0 Å². The van der Waals surface area contributed by atoms with Crippen LogP contribution < -0.4 is 5.32 Å². The average Bonchev–Trinajstić information content (AvgIpc) is 3.14. The molecule has 1 amide bonds. The molecule has 1 aliphatic heterocycles. The first kappa shape index (κ1) is 13.8. The number of benzene rings is 2. The van der Waals surface area contributed by atoms with Gasteiger partial charge in [-0.05, 0) is 17.2 Å². The van der Waals surface area contributed by atoms with E-state index in [2.05, 4.69) is 58.8 Å². The van der Waals surface area contributed by atoms with Crippen molar-refractivity contribution < 1.29 is 9.59 Å².